The lowest BCUT2D eigenvalue weighted by molar-refractivity contribution is -0.134. The molecule has 0 aromatic heterocycles. The molecule has 4 heteroatoms. The number of fused-ring (bicyclic) bond motifs is 5. The van der Waals surface area contributed by atoms with Gasteiger partial charge in [-0.05, 0) is 81.0 Å². The molecule has 0 aromatic carbocycles. The lowest BCUT2D eigenvalue weighted by Gasteiger charge is -2.60. The molecule has 0 saturated heterocycles. The molecule has 4 aliphatic rings. The quantitative estimate of drug-likeness (QED) is 0.586. The van der Waals surface area contributed by atoms with Gasteiger partial charge in [0.1, 0.15) is 12.4 Å². The van der Waals surface area contributed by atoms with Gasteiger partial charge in [-0.2, -0.15) is 0 Å². The molecule has 0 spiro atoms. The van der Waals surface area contributed by atoms with Crippen LogP contribution in [0.4, 0.5) is 0 Å². The van der Waals surface area contributed by atoms with Gasteiger partial charge < -0.3 is 10.6 Å². The predicted molar refractivity (Wildman–Crippen MR) is 108 cm³/mol. The molecule has 150 valence electrons. The highest BCUT2D eigenvalue weighted by Gasteiger charge is 2.60. The van der Waals surface area contributed by atoms with Crippen LogP contribution >= 0.6 is 0 Å². The number of allylic oxidation sites excluding steroid dienone is 1. The summed E-state index contributed by atoms with van der Waals surface area (Å²) in [6.45, 7) is 11.7. The van der Waals surface area contributed by atoms with E-state index < -0.39 is 0 Å². The summed E-state index contributed by atoms with van der Waals surface area (Å²) in [6, 6.07) is 0.0132. The minimum atomic E-state index is -0.0569. The molecule has 0 heterocycles. The van der Waals surface area contributed by atoms with Gasteiger partial charge in [0.15, 0.2) is 0 Å². The normalized spacial score (nSPS) is 46.6. The van der Waals surface area contributed by atoms with E-state index in [0.29, 0.717) is 35.6 Å². The largest absolute Gasteiger partial charge is 0.394 e. The molecule has 4 aliphatic carbocycles. The molecule has 0 bridgehead atoms. The van der Waals surface area contributed by atoms with E-state index in [1.807, 2.05) is 6.92 Å². The summed E-state index contributed by atoms with van der Waals surface area (Å²) in [5.74, 6) is 2.97. The molecule has 0 aliphatic heterocycles. The first-order valence-corrected chi connectivity index (χ1v) is 10.9. The first kappa shape index (κ1) is 19.2. The van der Waals surface area contributed by atoms with Gasteiger partial charge in [-0.1, -0.05) is 31.2 Å². The third-order valence-corrected chi connectivity index (χ3v) is 8.70. The number of nitrogens with zero attached hydrogens (tertiary/aromatic N) is 1. The molecule has 2 N–H and O–H groups in total. The molecule has 4 rings (SSSR count). The third-order valence-electron chi connectivity index (χ3n) is 8.70. The molecule has 0 amide bonds. The fourth-order valence-electron chi connectivity index (χ4n) is 7.15. The molecular weight excluding hydrogens is 336 g/mol. The zero-order valence-corrected chi connectivity index (χ0v) is 17.3. The molecule has 4 fully saturated rings. The summed E-state index contributed by atoms with van der Waals surface area (Å²) in [5.41, 5.74) is 8.57. The third kappa shape index (κ3) is 2.99. The predicted octanol–water partition coefficient (Wildman–Crippen LogP) is 4.48. The molecule has 0 radical (unpaired) electrons. The van der Waals surface area contributed by atoms with Gasteiger partial charge in [0.05, 0.1) is 5.71 Å². The van der Waals surface area contributed by atoms with Crippen molar-refractivity contribution in [2.24, 2.45) is 45.4 Å². The van der Waals surface area contributed by atoms with Crippen molar-refractivity contribution >= 4 is 11.5 Å². The Morgan fingerprint density at radius 2 is 2.00 bits per heavy atom. The standard InChI is InChI=1S/C23H36N2O2/c1-14-11-17-18-5-6-21(26)23(18,4)10-8-19(17)22(3)9-7-16(12-20(14)22)25-27-13-15(2)24/h15,17-20H,1,5-13,24H2,2-4H3/t15?,17-,18-,19+,20-,22+,23-/m0/s1. The van der Waals surface area contributed by atoms with Crippen molar-refractivity contribution in [3.8, 4) is 0 Å². The van der Waals surface area contributed by atoms with Crippen molar-refractivity contribution in [3.05, 3.63) is 12.2 Å². The molecular formula is C23H36N2O2. The number of hydrogen-bond acceptors (Lipinski definition) is 4. The van der Waals surface area contributed by atoms with E-state index >= 15 is 0 Å². The number of ketones is 1. The highest BCUT2D eigenvalue weighted by molar-refractivity contribution is 5.87. The second-order valence-electron chi connectivity index (χ2n) is 10.4. The Hall–Kier alpha value is -1.16. The summed E-state index contributed by atoms with van der Waals surface area (Å²) in [7, 11) is 0. The topological polar surface area (TPSA) is 64.7 Å². The number of rotatable bonds is 3. The van der Waals surface area contributed by atoms with Crippen molar-refractivity contribution < 1.29 is 9.63 Å². The van der Waals surface area contributed by atoms with Crippen LogP contribution in [-0.4, -0.2) is 24.1 Å². The molecule has 7 atom stereocenters. The van der Waals surface area contributed by atoms with Crippen LogP contribution in [0.3, 0.4) is 0 Å². The van der Waals surface area contributed by atoms with Crippen LogP contribution in [0.2, 0.25) is 0 Å². The molecule has 4 saturated carbocycles. The Bertz CT molecular complexity index is 669. The van der Waals surface area contributed by atoms with E-state index in [2.05, 4.69) is 25.6 Å². The fourth-order valence-corrected chi connectivity index (χ4v) is 7.15. The van der Waals surface area contributed by atoms with Crippen molar-refractivity contribution in [2.75, 3.05) is 6.61 Å². The first-order valence-electron chi connectivity index (χ1n) is 10.9. The SMILES string of the molecule is C=C1C[C@@H]2[C@@H](CC[C@]3(C)C(=O)CC[C@@H]23)[C@@]2(C)CCC(=NOCC(C)N)C[C@@H]12. The second-order valence-corrected chi connectivity index (χ2v) is 10.4. The number of Topliss-reactive ketones (excluding diaryl/α,β-unsaturated/α-hetero) is 1. The van der Waals surface area contributed by atoms with Crippen molar-refractivity contribution in [1.29, 1.82) is 0 Å². The maximum atomic E-state index is 12.6. The average molecular weight is 373 g/mol. The van der Waals surface area contributed by atoms with Gasteiger partial charge in [-0.3, -0.25) is 4.79 Å². The van der Waals surface area contributed by atoms with Crippen LogP contribution in [0.5, 0.6) is 0 Å². The zero-order valence-electron chi connectivity index (χ0n) is 17.3. The maximum absolute atomic E-state index is 12.6. The van der Waals surface area contributed by atoms with Crippen LogP contribution in [0, 0.1) is 34.5 Å². The lowest BCUT2D eigenvalue weighted by Crippen LogP contribution is -2.54. The highest BCUT2D eigenvalue weighted by Crippen LogP contribution is 2.66. The Labute approximate surface area is 164 Å². The second kappa shape index (κ2) is 6.72. The lowest BCUT2D eigenvalue weighted by atomic mass is 9.44. The molecule has 0 aromatic rings. The van der Waals surface area contributed by atoms with E-state index in [0.717, 1.165) is 50.9 Å². The van der Waals surface area contributed by atoms with Crippen LogP contribution in [0.1, 0.15) is 72.1 Å². The Morgan fingerprint density at radius 3 is 2.74 bits per heavy atom. The minimum absolute atomic E-state index is 0.0132. The average Bonchev–Trinajstić information content (AvgIpc) is 2.91. The van der Waals surface area contributed by atoms with Gasteiger partial charge in [0.2, 0.25) is 0 Å². The summed E-state index contributed by atoms with van der Waals surface area (Å²) in [6.07, 6.45) is 8.46. The van der Waals surface area contributed by atoms with Gasteiger partial charge in [-0.15, -0.1) is 0 Å². The summed E-state index contributed by atoms with van der Waals surface area (Å²) >= 11 is 0. The number of carbonyl (C=O) groups is 1. The summed E-state index contributed by atoms with van der Waals surface area (Å²) < 4.78 is 0. The van der Waals surface area contributed by atoms with E-state index in [1.54, 1.807) is 0 Å². The van der Waals surface area contributed by atoms with Crippen LogP contribution < -0.4 is 5.73 Å². The van der Waals surface area contributed by atoms with E-state index in [9.17, 15) is 4.79 Å². The first-order chi connectivity index (χ1) is 12.8. The number of hydrogen-bond donors (Lipinski definition) is 1. The summed E-state index contributed by atoms with van der Waals surface area (Å²) in [4.78, 5) is 18.0. The Balaban J connectivity index is 1.54. The van der Waals surface area contributed by atoms with Crippen molar-refractivity contribution in [2.45, 2.75) is 78.2 Å². The smallest absolute Gasteiger partial charge is 0.139 e. The van der Waals surface area contributed by atoms with Crippen LogP contribution in [-0.2, 0) is 9.63 Å². The van der Waals surface area contributed by atoms with Crippen molar-refractivity contribution in [1.82, 2.24) is 0 Å². The van der Waals surface area contributed by atoms with Gasteiger partial charge in [0, 0.05) is 17.9 Å². The highest BCUT2D eigenvalue weighted by atomic mass is 16.6. The van der Waals surface area contributed by atoms with Crippen molar-refractivity contribution in [3.63, 3.8) is 0 Å². The number of oxime groups is 1. The molecule has 1 unspecified atom stereocenters. The summed E-state index contributed by atoms with van der Waals surface area (Å²) in [5, 5.41) is 4.41. The fraction of sp³-hybridized carbons (Fsp3) is 0.826. The Kier molecular flexibility index (Phi) is 4.77. The van der Waals surface area contributed by atoms with E-state index in [-0.39, 0.29) is 11.5 Å². The van der Waals surface area contributed by atoms with Gasteiger partial charge >= 0.3 is 0 Å². The van der Waals surface area contributed by atoms with E-state index in [4.69, 9.17) is 10.6 Å². The van der Waals surface area contributed by atoms with Crippen LogP contribution in [0.25, 0.3) is 0 Å². The minimum Gasteiger partial charge on any atom is -0.394 e. The van der Waals surface area contributed by atoms with Gasteiger partial charge in [0.25, 0.3) is 0 Å². The monoisotopic (exact) mass is 372 g/mol. The van der Waals surface area contributed by atoms with Crippen LogP contribution in [0.15, 0.2) is 17.3 Å². The molecule has 27 heavy (non-hydrogen) atoms. The van der Waals surface area contributed by atoms with Gasteiger partial charge in [-0.25, -0.2) is 0 Å². The van der Waals surface area contributed by atoms with E-state index in [1.165, 1.54) is 17.7 Å². The number of carbonyl (C=O) groups excluding carboxylic acids is 1. The maximum Gasteiger partial charge on any atom is 0.139 e. The molecule has 4 nitrogen and oxygen atoms in total. The Morgan fingerprint density at radius 1 is 1.22 bits per heavy atom. The zero-order chi connectivity index (χ0) is 19.4. The number of nitrogens with two attached hydrogens (primary N) is 1.